The third-order valence-corrected chi connectivity index (χ3v) is 7.08. The van der Waals surface area contributed by atoms with Crippen molar-refractivity contribution < 1.29 is 14.0 Å². The highest BCUT2D eigenvalue weighted by Gasteiger charge is 2.37. The molecule has 2 aliphatic heterocycles. The van der Waals surface area contributed by atoms with E-state index in [1.54, 1.807) is 0 Å². The molecule has 2 heterocycles. The summed E-state index contributed by atoms with van der Waals surface area (Å²) in [6.45, 7) is 5.77. The van der Waals surface area contributed by atoms with Crippen LogP contribution in [-0.2, 0) is 9.59 Å². The van der Waals surface area contributed by atoms with Crippen molar-refractivity contribution in [1.29, 1.82) is 0 Å². The van der Waals surface area contributed by atoms with E-state index in [2.05, 4.69) is 15.1 Å². The smallest absolute Gasteiger partial charge is 0.242 e. The number of carbonyl (C=O) groups excluding carboxylic acids is 2. The van der Waals surface area contributed by atoms with Crippen LogP contribution in [0.15, 0.2) is 24.3 Å². The first-order valence-electron chi connectivity index (χ1n) is 11.9. The number of hydrogen-bond donors (Lipinski definition) is 1. The molecule has 1 saturated carbocycles. The van der Waals surface area contributed by atoms with Gasteiger partial charge in [0.25, 0.3) is 0 Å². The number of rotatable bonds is 6. The van der Waals surface area contributed by atoms with E-state index in [0.29, 0.717) is 6.54 Å². The van der Waals surface area contributed by atoms with Crippen LogP contribution >= 0.6 is 0 Å². The molecule has 2 saturated heterocycles. The number of likely N-dealkylation sites (tertiary alicyclic amines) is 1. The van der Waals surface area contributed by atoms with Crippen LogP contribution in [0.4, 0.5) is 10.1 Å². The summed E-state index contributed by atoms with van der Waals surface area (Å²) in [7, 11) is 0. The van der Waals surface area contributed by atoms with Crippen LogP contribution in [-0.4, -0.2) is 73.5 Å². The van der Waals surface area contributed by atoms with Gasteiger partial charge in [-0.2, -0.15) is 0 Å². The molecule has 6 nitrogen and oxygen atoms in total. The minimum atomic E-state index is -0.287. The van der Waals surface area contributed by atoms with Gasteiger partial charge in [0.15, 0.2) is 0 Å². The Labute approximate surface area is 184 Å². The van der Waals surface area contributed by atoms with Crippen LogP contribution in [0.1, 0.15) is 44.9 Å². The number of piperazine rings is 1. The van der Waals surface area contributed by atoms with E-state index in [9.17, 15) is 14.0 Å². The maximum atomic E-state index is 13.1. The zero-order chi connectivity index (χ0) is 21.6. The second-order valence-electron chi connectivity index (χ2n) is 9.12. The van der Waals surface area contributed by atoms with Gasteiger partial charge >= 0.3 is 0 Å². The Morgan fingerprint density at radius 2 is 1.61 bits per heavy atom. The lowest BCUT2D eigenvalue weighted by molar-refractivity contribution is -0.142. The molecule has 4 rings (SSSR count). The molecule has 0 radical (unpaired) electrons. The van der Waals surface area contributed by atoms with E-state index in [-0.39, 0.29) is 29.6 Å². The Hall–Kier alpha value is -2.15. The van der Waals surface area contributed by atoms with Gasteiger partial charge in [-0.05, 0) is 49.9 Å². The number of benzene rings is 1. The number of nitrogens with zero attached hydrogens (tertiary/aromatic N) is 3. The van der Waals surface area contributed by atoms with Gasteiger partial charge in [0.05, 0.1) is 0 Å². The average molecular weight is 431 g/mol. The highest BCUT2D eigenvalue weighted by molar-refractivity contribution is 5.89. The molecule has 1 aromatic rings. The van der Waals surface area contributed by atoms with Gasteiger partial charge in [-0.1, -0.05) is 19.3 Å². The first kappa shape index (κ1) is 22.1. The molecule has 1 atom stereocenters. The SMILES string of the molecule is O=C(NCCN1CCN(c2ccc(F)cc2)CC1)[C@H]1CCCN1C(=O)C1CCCCC1. The van der Waals surface area contributed by atoms with Gasteiger partial charge in [0.2, 0.25) is 11.8 Å². The lowest BCUT2D eigenvalue weighted by Crippen LogP contribution is -2.51. The maximum Gasteiger partial charge on any atom is 0.242 e. The molecule has 0 aromatic heterocycles. The molecule has 31 heavy (non-hydrogen) atoms. The predicted molar refractivity (Wildman–Crippen MR) is 119 cm³/mol. The highest BCUT2D eigenvalue weighted by atomic mass is 19.1. The molecular formula is C24H35FN4O2. The van der Waals surface area contributed by atoms with Gasteiger partial charge in [0, 0.05) is 57.4 Å². The minimum Gasteiger partial charge on any atom is -0.369 e. The van der Waals surface area contributed by atoms with Crippen molar-refractivity contribution >= 4 is 17.5 Å². The van der Waals surface area contributed by atoms with Crippen molar-refractivity contribution in [3.8, 4) is 0 Å². The summed E-state index contributed by atoms with van der Waals surface area (Å²) in [5, 5.41) is 3.08. The number of amides is 2. The summed E-state index contributed by atoms with van der Waals surface area (Å²) in [6, 6.07) is 6.37. The monoisotopic (exact) mass is 430 g/mol. The zero-order valence-electron chi connectivity index (χ0n) is 18.4. The minimum absolute atomic E-state index is 0.00612. The van der Waals surface area contributed by atoms with E-state index in [4.69, 9.17) is 0 Å². The molecule has 2 amide bonds. The van der Waals surface area contributed by atoms with Crippen molar-refractivity contribution in [3.63, 3.8) is 0 Å². The second-order valence-corrected chi connectivity index (χ2v) is 9.12. The molecule has 7 heteroatoms. The van der Waals surface area contributed by atoms with Crippen molar-refractivity contribution in [3.05, 3.63) is 30.1 Å². The van der Waals surface area contributed by atoms with Crippen LogP contribution in [0.5, 0.6) is 0 Å². The quantitative estimate of drug-likeness (QED) is 0.754. The van der Waals surface area contributed by atoms with E-state index in [1.165, 1.54) is 18.6 Å². The van der Waals surface area contributed by atoms with Crippen molar-refractivity contribution in [2.75, 3.05) is 50.7 Å². The molecule has 1 aliphatic carbocycles. The number of hydrogen-bond acceptors (Lipinski definition) is 4. The van der Waals surface area contributed by atoms with Crippen LogP contribution in [0, 0.1) is 11.7 Å². The summed E-state index contributed by atoms with van der Waals surface area (Å²) < 4.78 is 13.1. The third-order valence-electron chi connectivity index (χ3n) is 7.08. The average Bonchev–Trinajstić information content (AvgIpc) is 3.30. The van der Waals surface area contributed by atoms with Crippen molar-refractivity contribution in [2.45, 2.75) is 51.0 Å². The normalized spacial score (nSPS) is 23.2. The van der Waals surface area contributed by atoms with Crippen LogP contribution in [0.2, 0.25) is 0 Å². The van der Waals surface area contributed by atoms with E-state index in [1.807, 2.05) is 17.0 Å². The fraction of sp³-hybridized carbons (Fsp3) is 0.667. The zero-order valence-corrected chi connectivity index (χ0v) is 18.4. The van der Waals surface area contributed by atoms with E-state index >= 15 is 0 Å². The molecule has 3 aliphatic rings. The van der Waals surface area contributed by atoms with Gasteiger partial charge in [-0.3, -0.25) is 14.5 Å². The highest BCUT2D eigenvalue weighted by Crippen LogP contribution is 2.28. The number of nitrogens with one attached hydrogen (secondary N) is 1. The second kappa shape index (κ2) is 10.4. The Balaban J connectivity index is 1.18. The summed E-state index contributed by atoms with van der Waals surface area (Å²) >= 11 is 0. The largest absolute Gasteiger partial charge is 0.369 e. The summed E-state index contributed by atoms with van der Waals surface area (Å²) in [5.41, 5.74) is 1.05. The standard InChI is InChI=1S/C24H35FN4O2/c25-20-8-10-21(11-9-20)28-17-15-27(16-18-28)14-12-26-23(30)22-7-4-13-29(22)24(31)19-5-2-1-3-6-19/h8-11,19,22H,1-7,12-18H2,(H,26,30)/t22-/m1/s1. The Kier molecular flexibility index (Phi) is 7.43. The van der Waals surface area contributed by atoms with Gasteiger partial charge in [-0.15, -0.1) is 0 Å². The fourth-order valence-corrected chi connectivity index (χ4v) is 5.22. The molecule has 3 fully saturated rings. The number of anilines is 1. The van der Waals surface area contributed by atoms with E-state index in [0.717, 1.165) is 83.5 Å². The van der Waals surface area contributed by atoms with Gasteiger partial charge in [-0.25, -0.2) is 4.39 Å². The number of halogens is 1. The lowest BCUT2D eigenvalue weighted by Gasteiger charge is -2.36. The molecule has 1 aromatic carbocycles. The molecule has 0 bridgehead atoms. The summed E-state index contributed by atoms with van der Waals surface area (Å²) in [4.78, 5) is 32.2. The van der Waals surface area contributed by atoms with Gasteiger partial charge in [0.1, 0.15) is 11.9 Å². The van der Waals surface area contributed by atoms with Crippen molar-refractivity contribution in [2.24, 2.45) is 5.92 Å². The Bertz CT molecular complexity index is 742. The van der Waals surface area contributed by atoms with Crippen molar-refractivity contribution in [1.82, 2.24) is 15.1 Å². The van der Waals surface area contributed by atoms with Gasteiger partial charge < -0.3 is 15.1 Å². The first-order chi connectivity index (χ1) is 15.1. The molecule has 0 unspecified atom stereocenters. The molecule has 1 N–H and O–H groups in total. The Morgan fingerprint density at radius 3 is 2.32 bits per heavy atom. The first-order valence-corrected chi connectivity index (χ1v) is 11.9. The fourth-order valence-electron chi connectivity index (χ4n) is 5.22. The maximum absolute atomic E-state index is 13.1. The van der Waals surface area contributed by atoms with E-state index < -0.39 is 0 Å². The predicted octanol–water partition coefficient (Wildman–Crippen LogP) is 2.64. The number of carbonyl (C=O) groups is 2. The Morgan fingerprint density at radius 1 is 0.903 bits per heavy atom. The molecule has 170 valence electrons. The molecule has 0 spiro atoms. The molecular weight excluding hydrogens is 395 g/mol. The van der Waals surface area contributed by atoms with Crippen LogP contribution in [0.3, 0.4) is 0 Å². The van der Waals surface area contributed by atoms with Crippen LogP contribution in [0.25, 0.3) is 0 Å². The van der Waals surface area contributed by atoms with Crippen LogP contribution < -0.4 is 10.2 Å². The lowest BCUT2D eigenvalue weighted by atomic mass is 9.88. The summed E-state index contributed by atoms with van der Waals surface area (Å²) in [5.74, 6) is 0.125. The topological polar surface area (TPSA) is 55.9 Å². The summed E-state index contributed by atoms with van der Waals surface area (Å²) in [6.07, 6.45) is 7.15. The third kappa shape index (κ3) is 5.56.